The summed E-state index contributed by atoms with van der Waals surface area (Å²) in [6, 6.07) is 7.01. The molecule has 0 bridgehead atoms. The fraction of sp³-hybridized carbons (Fsp3) is 0.385. The highest BCUT2D eigenvalue weighted by Gasteiger charge is 2.11. The summed E-state index contributed by atoms with van der Waals surface area (Å²) in [5.41, 5.74) is 11.9. The van der Waals surface area contributed by atoms with Crippen LogP contribution in [0, 0.1) is 5.92 Å². The summed E-state index contributed by atoms with van der Waals surface area (Å²) in [7, 11) is 0. The van der Waals surface area contributed by atoms with Crippen LogP contribution in [0.5, 0.6) is 5.75 Å². The van der Waals surface area contributed by atoms with Crippen molar-refractivity contribution in [3.05, 3.63) is 29.8 Å². The van der Waals surface area contributed by atoms with Crippen molar-refractivity contribution in [3.63, 3.8) is 0 Å². The maximum atomic E-state index is 10.6. The average molecular weight is 265 g/mol. The van der Waals surface area contributed by atoms with Crippen molar-refractivity contribution in [2.75, 3.05) is 19.7 Å². The Morgan fingerprint density at radius 2 is 2.05 bits per heavy atom. The third-order valence-corrected chi connectivity index (χ3v) is 2.48. The lowest BCUT2D eigenvalue weighted by atomic mass is 10.2. The van der Waals surface area contributed by atoms with Gasteiger partial charge >= 0.3 is 5.97 Å². The fourth-order valence-corrected chi connectivity index (χ4v) is 1.29. The Kier molecular flexibility index (Phi) is 5.81. The maximum absolute atomic E-state index is 10.6. The molecule has 0 unspecified atom stereocenters. The molecule has 0 heterocycles. The van der Waals surface area contributed by atoms with Crippen molar-refractivity contribution >= 4 is 11.8 Å². The number of carbonyl (C=O) groups is 1. The van der Waals surface area contributed by atoms with Crippen LogP contribution < -0.4 is 16.2 Å². The van der Waals surface area contributed by atoms with Crippen molar-refractivity contribution in [2.45, 2.75) is 6.92 Å². The number of carboxylic acid groups (broad SMARTS) is 1. The second kappa shape index (κ2) is 7.38. The summed E-state index contributed by atoms with van der Waals surface area (Å²) in [5, 5.41) is 8.74. The average Bonchev–Trinajstić information content (AvgIpc) is 2.42. The van der Waals surface area contributed by atoms with E-state index in [-0.39, 0.29) is 6.61 Å². The van der Waals surface area contributed by atoms with Crippen LogP contribution in [0.1, 0.15) is 12.5 Å². The molecule has 0 amide bonds. The van der Waals surface area contributed by atoms with Gasteiger partial charge in [0.15, 0.2) is 0 Å². The molecule has 0 aliphatic carbocycles. The van der Waals surface area contributed by atoms with Crippen molar-refractivity contribution in [1.29, 1.82) is 0 Å². The van der Waals surface area contributed by atoms with Gasteiger partial charge in [0.25, 0.3) is 0 Å². The van der Waals surface area contributed by atoms with Crippen LogP contribution in [0.4, 0.5) is 0 Å². The van der Waals surface area contributed by atoms with Crippen LogP contribution in [0.3, 0.4) is 0 Å². The van der Waals surface area contributed by atoms with Crippen molar-refractivity contribution in [3.8, 4) is 5.75 Å². The molecule has 1 rings (SSSR count). The van der Waals surface area contributed by atoms with Crippen LogP contribution >= 0.6 is 0 Å². The zero-order chi connectivity index (χ0) is 14.3. The Morgan fingerprint density at radius 1 is 1.42 bits per heavy atom. The van der Waals surface area contributed by atoms with Gasteiger partial charge in [-0.3, -0.25) is 9.79 Å². The molecule has 19 heavy (non-hydrogen) atoms. The van der Waals surface area contributed by atoms with E-state index in [1.807, 2.05) is 0 Å². The number of hydrogen-bond donors (Lipinski definition) is 3. The number of nitrogens with two attached hydrogens (primary N) is 2. The second-order valence-corrected chi connectivity index (χ2v) is 4.13. The zero-order valence-corrected chi connectivity index (χ0v) is 10.9. The lowest BCUT2D eigenvalue weighted by Crippen LogP contribution is -2.18. The van der Waals surface area contributed by atoms with Gasteiger partial charge in [-0.1, -0.05) is 0 Å². The summed E-state index contributed by atoms with van der Waals surface area (Å²) in [4.78, 5) is 14.7. The van der Waals surface area contributed by atoms with E-state index < -0.39 is 11.9 Å². The molecule has 1 atom stereocenters. The van der Waals surface area contributed by atoms with Gasteiger partial charge < -0.3 is 21.3 Å². The lowest BCUT2D eigenvalue weighted by molar-refractivity contribution is -0.142. The predicted molar refractivity (Wildman–Crippen MR) is 73.4 cm³/mol. The Labute approximate surface area is 112 Å². The van der Waals surface area contributed by atoms with Gasteiger partial charge in [0, 0.05) is 12.1 Å². The molecule has 104 valence electrons. The zero-order valence-electron chi connectivity index (χ0n) is 10.9. The van der Waals surface area contributed by atoms with Gasteiger partial charge in [-0.25, -0.2) is 0 Å². The van der Waals surface area contributed by atoms with E-state index in [2.05, 4.69) is 4.99 Å². The van der Waals surface area contributed by atoms with E-state index in [1.54, 1.807) is 31.2 Å². The third kappa shape index (κ3) is 4.97. The normalized spacial score (nSPS) is 13.1. The minimum absolute atomic E-state index is 0.130. The molecule has 0 fully saturated rings. The highest BCUT2D eigenvalue weighted by atomic mass is 16.5. The first-order valence-electron chi connectivity index (χ1n) is 6.00. The molecular weight excluding hydrogens is 246 g/mol. The molecule has 6 nitrogen and oxygen atoms in total. The SMILES string of the molecule is C[C@H](COc1ccc(C(N)=NCCN)cc1)C(=O)O. The number of nitrogens with zero attached hydrogens (tertiary/aromatic N) is 1. The molecule has 0 spiro atoms. The maximum Gasteiger partial charge on any atom is 0.309 e. The Hall–Kier alpha value is -2.08. The molecule has 0 saturated heterocycles. The molecule has 6 heteroatoms. The highest BCUT2D eigenvalue weighted by molar-refractivity contribution is 5.97. The summed E-state index contributed by atoms with van der Waals surface area (Å²) in [6.07, 6.45) is 0. The van der Waals surface area contributed by atoms with Crippen LogP contribution in [-0.2, 0) is 4.79 Å². The largest absolute Gasteiger partial charge is 0.493 e. The Bertz CT molecular complexity index is 443. The minimum Gasteiger partial charge on any atom is -0.493 e. The number of ether oxygens (including phenoxy) is 1. The Morgan fingerprint density at radius 3 is 2.58 bits per heavy atom. The number of aliphatic imine (C=N–C) groups is 1. The van der Waals surface area contributed by atoms with Gasteiger partial charge in [-0.05, 0) is 31.2 Å². The fourth-order valence-electron chi connectivity index (χ4n) is 1.29. The minimum atomic E-state index is -0.880. The van der Waals surface area contributed by atoms with Crippen molar-refractivity contribution in [1.82, 2.24) is 0 Å². The second-order valence-electron chi connectivity index (χ2n) is 4.13. The van der Waals surface area contributed by atoms with E-state index in [9.17, 15) is 4.79 Å². The molecule has 1 aromatic rings. The first-order chi connectivity index (χ1) is 9.04. The van der Waals surface area contributed by atoms with Crippen LogP contribution in [0.15, 0.2) is 29.3 Å². The van der Waals surface area contributed by atoms with Crippen LogP contribution in [0.25, 0.3) is 0 Å². The number of carboxylic acids is 1. The molecular formula is C13H19N3O3. The first kappa shape index (κ1) is 15.0. The van der Waals surface area contributed by atoms with Gasteiger partial charge in [-0.15, -0.1) is 0 Å². The first-order valence-corrected chi connectivity index (χ1v) is 6.00. The highest BCUT2D eigenvalue weighted by Crippen LogP contribution is 2.13. The van der Waals surface area contributed by atoms with E-state index in [4.69, 9.17) is 21.3 Å². The van der Waals surface area contributed by atoms with Crippen LogP contribution in [-0.4, -0.2) is 36.6 Å². The number of aliphatic carboxylic acids is 1. The number of benzene rings is 1. The summed E-state index contributed by atoms with van der Waals surface area (Å²) in [5.74, 6) is -0.398. The monoisotopic (exact) mass is 265 g/mol. The van der Waals surface area contributed by atoms with Gasteiger partial charge in [0.05, 0.1) is 12.5 Å². The topological polar surface area (TPSA) is 111 Å². The van der Waals surface area contributed by atoms with E-state index in [0.29, 0.717) is 24.7 Å². The quantitative estimate of drug-likeness (QED) is 0.489. The van der Waals surface area contributed by atoms with Gasteiger partial charge in [0.2, 0.25) is 0 Å². The molecule has 1 aromatic carbocycles. The molecule has 0 saturated carbocycles. The Balaban J connectivity index is 2.59. The summed E-state index contributed by atoms with van der Waals surface area (Å²) in [6.45, 7) is 2.66. The van der Waals surface area contributed by atoms with Gasteiger partial charge in [-0.2, -0.15) is 0 Å². The molecule has 0 radical (unpaired) electrons. The molecule has 0 aromatic heterocycles. The predicted octanol–water partition coefficient (Wildman–Crippen LogP) is 0.450. The smallest absolute Gasteiger partial charge is 0.309 e. The lowest BCUT2D eigenvalue weighted by Gasteiger charge is -2.09. The number of amidine groups is 1. The van der Waals surface area contributed by atoms with E-state index in [0.717, 1.165) is 5.56 Å². The molecule has 5 N–H and O–H groups in total. The summed E-state index contributed by atoms with van der Waals surface area (Å²) >= 11 is 0. The third-order valence-electron chi connectivity index (χ3n) is 2.48. The molecule has 0 aliphatic rings. The number of rotatable bonds is 7. The number of hydrogen-bond acceptors (Lipinski definition) is 4. The van der Waals surface area contributed by atoms with Crippen molar-refractivity contribution < 1.29 is 14.6 Å². The molecule has 0 aliphatic heterocycles. The van der Waals surface area contributed by atoms with E-state index in [1.165, 1.54) is 0 Å². The summed E-state index contributed by atoms with van der Waals surface area (Å²) < 4.78 is 5.36. The van der Waals surface area contributed by atoms with Crippen LogP contribution in [0.2, 0.25) is 0 Å². The van der Waals surface area contributed by atoms with E-state index >= 15 is 0 Å². The van der Waals surface area contributed by atoms with Crippen molar-refractivity contribution in [2.24, 2.45) is 22.4 Å². The standard InChI is InChI=1S/C13H19N3O3/c1-9(13(17)18)8-19-11-4-2-10(3-5-11)12(15)16-7-6-14/h2-5,9H,6-8,14H2,1H3,(H2,15,16)(H,17,18)/t9-/m1/s1. The van der Waals surface area contributed by atoms with Gasteiger partial charge in [0.1, 0.15) is 18.2 Å².